The zero-order valence-corrected chi connectivity index (χ0v) is 20.0. The van der Waals surface area contributed by atoms with Crippen LogP contribution in [-0.2, 0) is 9.84 Å². The number of hydrogen-bond acceptors (Lipinski definition) is 6. The molecular weight excluding hydrogens is 509 g/mol. The Bertz CT molecular complexity index is 1300. The third-order valence-electron chi connectivity index (χ3n) is 6.89. The second-order valence-electron chi connectivity index (χ2n) is 9.26. The van der Waals surface area contributed by atoms with Crippen molar-refractivity contribution in [3.8, 4) is 0 Å². The Balaban J connectivity index is 1.65. The fourth-order valence-corrected chi connectivity index (χ4v) is 8.36. The molecule has 12 heteroatoms. The molecule has 3 N–H and O–H groups in total. The fourth-order valence-electron chi connectivity index (χ4n) is 5.46. The Morgan fingerprint density at radius 1 is 1.20 bits per heavy atom. The Morgan fingerprint density at radius 3 is 2.46 bits per heavy atom. The van der Waals surface area contributed by atoms with Gasteiger partial charge in [0.2, 0.25) is 0 Å². The Kier molecular flexibility index (Phi) is 6.62. The summed E-state index contributed by atoms with van der Waals surface area (Å²) in [6, 6.07) is 4.77. The van der Waals surface area contributed by atoms with Gasteiger partial charge >= 0.3 is 0 Å². The lowest BCUT2D eigenvalue weighted by atomic mass is 9.77. The number of hydrogen-bond donors (Lipinski definition) is 3. The molecule has 188 valence electrons. The fraction of sp³-hybridized carbons (Fsp3) is 0.391. The molecule has 2 aliphatic carbocycles. The first kappa shape index (κ1) is 25.5. The average Bonchev–Trinajstić information content (AvgIpc) is 2.99. The van der Waals surface area contributed by atoms with Crippen molar-refractivity contribution in [1.82, 2.24) is 0 Å². The lowest BCUT2D eigenvalue weighted by Crippen LogP contribution is -2.47. The van der Waals surface area contributed by atoms with E-state index in [9.17, 15) is 31.5 Å². The van der Waals surface area contributed by atoms with Crippen molar-refractivity contribution in [1.29, 1.82) is 0 Å². The number of rotatable bonds is 5. The second-order valence-corrected chi connectivity index (χ2v) is 11.7. The Hall–Kier alpha value is -2.63. The number of carbonyl (C=O) groups is 1. The molecule has 2 aliphatic rings. The maximum absolute atomic E-state index is 13.7. The predicted molar refractivity (Wildman–Crippen MR) is 122 cm³/mol. The molecule has 4 rings (SSSR count). The minimum Gasteiger partial charge on any atom is -0.411 e. The highest BCUT2D eigenvalue weighted by Gasteiger charge is 2.56. The molecule has 2 unspecified atom stereocenters. The third-order valence-corrected chi connectivity index (χ3v) is 9.74. The molecule has 2 aromatic rings. The molecule has 2 aromatic carbocycles. The maximum Gasteiger partial charge on any atom is 0.255 e. The van der Waals surface area contributed by atoms with Gasteiger partial charge in [0, 0.05) is 23.4 Å². The molecule has 0 radical (unpaired) electrons. The van der Waals surface area contributed by atoms with Crippen LogP contribution < -0.4 is 5.32 Å². The Labute approximate surface area is 204 Å². The molecule has 7 nitrogen and oxygen atoms in total. The summed E-state index contributed by atoms with van der Waals surface area (Å²) in [7, 11) is -4.07. The molecule has 0 aliphatic heterocycles. The van der Waals surface area contributed by atoms with Gasteiger partial charge in [0.05, 0.1) is 21.4 Å². The SMILES string of the molecule is C[C@H]1C[C@H]2C[C@](O)(/C=N/O)CC1C2S(=O)(=O)c1cc(C(=O)Nc2cc(F)c(F)c(F)c2)ccc1Cl. The normalized spacial score (nSPS) is 28.4. The molecule has 0 heterocycles. The molecular formula is C23H22ClF3N2O5S. The van der Waals surface area contributed by atoms with E-state index in [0.717, 1.165) is 12.3 Å². The number of halogens is 4. The molecule has 2 saturated carbocycles. The summed E-state index contributed by atoms with van der Waals surface area (Å²) in [5.74, 6) is -6.46. The number of amides is 1. The highest BCUT2D eigenvalue weighted by molar-refractivity contribution is 7.92. The third kappa shape index (κ3) is 4.64. The number of anilines is 1. The van der Waals surface area contributed by atoms with Crippen LogP contribution >= 0.6 is 11.6 Å². The van der Waals surface area contributed by atoms with E-state index in [1.807, 2.05) is 6.92 Å². The van der Waals surface area contributed by atoms with Crippen LogP contribution in [0, 0.1) is 35.2 Å². The minimum absolute atomic E-state index is 0.0329. The first-order valence-electron chi connectivity index (χ1n) is 10.8. The van der Waals surface area contributed by atoms with Gasteiger partial charge in [-0.15, -0.1) is 0 Å². The molecule has 35 heavy (non-hydrogen) atoms. The highest BCUT2D eigenvalue weighted by atomic mass is 35.5. The van der Waals surface area contributed by atoms with E-state index in [-0.39, 0.29) is 39.9 Å². The molecule has 0 saturated heterocycles. The number of aliphatic hydroxyl groups is 1. The van der Waals surface area contributed by atoms with Gasteiger partial charge in [0.15, 0.2) is 27.3 Å². The standard InChI is InChI=1S/C23H22ClF3N2O5S/c1-11-4-13-8-23(31,10-28-32)9-15(11)21(13)35(33,34)19-5-12(2-3-16(19)24)22(30)29-14-6-17(25)20(27)18(26)7-14/h2-3,5-7,10-11,13,15,21,31-32H,4,8-9H2,1H3,(H,29,30)/b28-10+/t11-,13-,15?,21?,23+/m0/s1. The van der Waals surface area contributed by atoms with E-state index < -0.39 is 55.9 Å². The molecule has 0 aromatic heterocycles. The molecule has 2 fully saturated rings. The molecule has 2 bridgehead atoms. The zero-order chi connectivity index (χ0) is 25.7. The second kappa shape index (κ2) is 9.11. The van der Waals surface area contributed by atoms with E-state index in [1.54, 1.807) is 0 Å². The van der Waals surface area contributed by atoms with Gasteiger partial charge < -0.3 is 15.6 Å². The van der Waals surface area contributed by atoms with E-state index in [4.69, 9.17) is 16.8 Å². The lowest BCUT2D eigenvalue weighted by molar-refractivity contribution is 0.0423. The number of nitrogens with zero attached hydrogens (tertiary/aromatic N) is 1. The van der Waals surface area contributed by atoms with Crippen LogP contribution in [0.15, 0.2) is 40.4 Å². The van der Waals surface area contributed by atoms with Crippen LogP contribution in [0.25, 0.3) is 0 Å². The van der Waals surface area contributed by atoms with E-state index in [2.05, 4.69) is 10.5 Å². The van der Waals surface area contributed by atoms with Crippen LogP contribution in [0.3, 0.4) is 0 Å². The van der Waals surface area contributed by atoms with Crippen molar-refractivity contribution in [3.63, 3.8) is 0 Å². The summed E-state index contributed by atoms with van der Waals surface area (Å²) in [5, 5.41) is 23.8. The predicted octanol–water partition coefficient (Wildman–Crippen LogP) is 4.41. The maximum atomic E-state index is 13.7. The van der Waals surface area contributed by atoms with Crippen LogP contribution in [0.2, 0.25) is 5.02 Å². The summed E-state index contributed by atoms with van der Waals surface area (Å²) in [4.78, 5) is 12.4. The number of sulfone groups is 1. The van der Waals surface area contributed by atoms with Gasteiger partial charge in [-0.1, -0.05) is 23.7 Å². The smallest absolute Gasteiger partial charge is 0.255 e. The van der Waals surface area contributed by atoms with Crippen LogP contribution in [0.4, 0.5) is 18.9 Å². The monoisotopic (exact) mass is 530 g/mol. The van der Waals surface area contributed by atoms with Crippen LogP contribution in [0.1, 0.15) is 36.5 Å². The minimum atomic E-state index is -4.07. The number of benzene rings is 2. The first-order chi connectivity index (χ1) is 16.4. The summed E-state index contributed by atoms with van der Waals surface area (Å²) < 4.78 is 67.6. The topological polar surface area (TPSA) is 116 Å². The quantitative estimate of drug-likeness (QED) is 0.229. The van der Waals surface area contributed by atoms with Gasteiger partial charge in [0.25, 0.3) is 5.91 Å². The van der Waals surface area contributed by atoms with Gasteiger partial charge in [0.1, 0.15) is 5.60 Å². The van der Waals surface area contributed by atoms with Gasteiger partial charge in [-0.25, -0.2) is 21.6 Å². The van der Waals surface area contributed by atoms with Crippen molar-refractivity contribution in [2.75, 3.05) is 5.32 Å². The Morgan fingerprint density at radius 2 is 1.86 bits per heavy atom. The van der Waals surface area contributed by atoms with E-state index in [0.29, 0.717) is 18.6 Å². The first-order valence-corrected chi connectivity index (χ1v) is 12.7. The summed E-state index contributed by atoms with van der Waals surface area (Å²) in [5.41, 5.74) is -1.92. The zero-order valence-electron chi connectivity index (χ0n) is 18.4. The molecule has 1 amide bonds. The molecule has 5 atom stereocenters. The van der Waals surface area contributed by atoms with Gasteiger partial charge in [-0.05, 0) is 55.2 Å². The summed E-state index contributed by atoms with van der Waals surface area (Å²) in [6.45, 7) is 1.89. The van der Waals surface area contributed by atoms with Gasteiger partial charge in [-0.2, -0.15) is 0 Å². The number of carbonyl (C=O) groups excluding carboxylic acids is 1. The summed E-state index contributed by atoms with van der Waals surface area (Å²) >= 11 is 6.23. The van der Waals surface area contributed by atoms with Crippen LogP contribution in [-0.4, -0.2) is 41.7 Å². The summed E-state index contributed by atoms with van der Waals surface area (Å²) in [6.07, 6.45) is 1.72. The van der Waals surface area contributed by atoms with E-state index in [1.165, 1.54) is 12.1 Å². The van der Waals surface area contributed by atoms with Crippen LogP contribution in [0.5, 0.6) is 0 Å². The van der Waals surface area contributed by atoms with Crippen molar-refractivity contribution >= 4 is 39.2 Å². The van der Waals surface area contributed by atoms with Crippen molar-refractivity contribution < 1.29 is 36.7 Å². The average molecular weight is 531 g/mol. The van der Waals surface area contributed by atoms with E-state index >= 15 is 0 Å². The largest absolute Gasteiger partial charge is 0.411 e. The molecule has 0 spiro atoms. The van der Waals surface area contributed by atoms with Crippen molar-refractivity contribution in [2.24, 2.45) is 22.9 Å². The number of oxime groups is 1. The number of fused-ring (bicyclic) bond motifs is 2. The van der Waals surface area contributed by atoms with Gasteiger partial charge in [-0.3, -0.25) is 4.79 Å². The highest BCUT2D eigenvalue weighted by Crippen LogP contribution is 2.53. The number of nitrogens with one attached hydrogen (secondary N) is 1. The van der Waals surface area contributed by atoms with Crippen molar-refractivity contribution in [2.45, 2.75) is 41.9 Å². The lowest BCUT2D eigenvalue weighted by Gasteiger charge is -2.39. The van der Waals surface area contributed by atoms with Crippen molar-refractivity contribution in [3.05, 3.63) is 58.4 Å².